The fourth-order valence-corrected chi connectivity index (χ4v) is 4.12. The van der Waals surface area contributed by atoms with Crippen molar-refractivity contribution >= 4 is 16.9 Å². The average molecular weight is 362 g/mol. The number of nitrogens with one attached hydrogen (secondary N) is 1. The summed E-state index contributed by atoms with van der Waals surface area (Å²) in [5, 5.41) is 4.47. The molecule has 0 spiro atoms. The molecule has 1 unspecified atom stereocenters. The zero-order chi connectivity index (χ0) is 18.2. The van der Waals surface area contributed by atoms with Gasteiger partial charge < -0.3 is 19.4 Å². The molecule has 0 bridgehead atoms. The molecule has 0 radical (unpaired) electrons. The number of ether oxygens (including phenoxy) is 1. The lowest BCUT2D eigenvalue weighted by atomic mass is 10.1. The predicted molar refractivity (Wildman–Crippen MR) is 103 cm³/mol. The standard InChI is InChI=1S/C22H22N2O3/c25-22-18-4-1-5-21(19(18)13-24(22)17-3-2-9-23-12-17)27-14-15-6-7-20-16(11-15)8-10-26-20/h1,4-8,10-11,17,23H,2-3,9,12-14H2. The maximum Gasteiger partial charge on any atom is 0.254 e. The van der Waals surface area contributed by atoms with E-state index in [0.29, 0.717) is 13.2 Å². The molecule has 0 saturated carbocycles. The van der Waals surface area contributed by atoms with Crippen molar-refractivity contribution in [2.45, 2.75) is 32.0 Å². The number of carbonyl (C=O) groups excluding carboxylic acids is 1. The molecule has 1 saturated heterocycles. The summed E-state index contributed by atoms with van der Waals surface area (Å²) in [4.78, 5) is 14.9. The number of amides is 1. The molecule has 27 heavy (non-hydrogen) atoms. The minimum Gasteiger partial charge on any atom is -0.489 e. The molecule has 1 N–H and O–H groups in total. The van der Waals surface area contributed by atoms with Crippen LogP contribution in [0.15, 0.2) is 53.1 Å². The van der Waals surface area contributed by atoms with E-state index in [1.807, 2.05) is 41.3 Å². The highest BCUT2D eigenvalue weighted by Gasteiger charge is 2.34. The monoisotopic (exact) mass is 362 g/mol. The van der Waals surface area contributed by atoms with Gasteiger partial charge in [0.25, 0.3) is 5.91 Å². The Hall–Kier alpha value is -2.79. The molecule has 5 heteroatoms. The predicted octanol–water partition coefficient (Wildman–Crippen LogP) is 3.72. The Morgan fingerprint density at radius 1 is 1.22 bits per heavy atom. The first-order valence-corrected chi connectivity index (χ1v) is 9.52. The van der Waals surface area contributed by atoms with Crippen molar-refractivity contribution in [1.82, 2.24) is 10.2 Å². The zero-order valence-corrected chi connectivity index (χ0v) is 15.1. The number of furan rings is 1. The largest absolute Gasteiger partial charge is 0.489 e. The maximum atomic E-state index is 12.9. The lowest BCUT2D eigenvalue weighted by Crippen LogP contribution is -2.46. The summed E-state index contributed by atoms with van der Waals surface area (Å²) in [6.45, 7) is 3.02. The number of hydrogen-bond acceptors (Lipinski definition) is 4. The fourth-order valence-electron chi connectivity index (χ4n) is 4.12. The number of piperidine rings is 1. The van der Waals surface area contributed by atoms with Gasteiger partial charge in [0.1, 0.15) is 17.9 Å². The minimum atomic E-state index is 0.129. The third kappa shape index (κ3) is 2.98. The summed E-state index contributed by atoms with van der Waals surface area (Å²) in [6.07, 6.45) is 3.87. The molecular weight excluding hydrogens is 340 g/mol. The van der Waals surface area contributed by atoms with E-state index in [1.165, 1.54) is 0 Å². The molecule has 1 fully saturated rings. The van der Waals surface area contributed by atoms with E-state index in [1.54, 1.807) is 6.26 Å². The topological polar surface area (TPSA) is 54.7 Å². The van der Waals surface area contributed by atoms with Crippen LogP contribution in [0.5, 0.6) is 5.75 Å². The normalized spacial score (nSPS) is 19.5. The van der Waals surface area contributed by atoms with Crippen molar-refractivity contribution in [2.75, 3.05) is 13.1 Å². The van der Waals surface area contributed by atoms with Crippen LogP contribution in [0.25, 0.3) is 11.0 Å². The van der Waals surface area contributed by atoms with Gasteiger partial charge in [0.15, 0.2) is 0 Å². The van der Waals surface area contributed by atoms with Gasteiger partial charge in [0, 0.05) is 29.1 Å². The lowest BCUT2D eigenvalue weighted by Gasteiger charge is -2.31. The van der Waals surface area contributed by atoms with Gasteiger partial charge in [-0.25, -0.2) is 0 Å². The Balaban J connectivity index is 1.35. The Bertz CT molecular complexity index is 988. The van der Waals surface area contributed by atoms with Crippen LogP contribution < -0.4 is 10.1 Å². The van der Waals surface area contributed by atoms with Crippen molar-refractivity contribution < 1.29 is 13.9 Å². The first-order valence-electron chi connectivity index (χ1n) is 9.52. The number of fused-ring (bicyclic) bond motifs is 2. The molecule has 2 aromatic carbocycles. The number of benzene rings is 2. The number of rotatable bonds is 4. The van der Waals surface area contributed by atoms with Crippen LogP contribution in [0.2, 0.25) is 0 Å². The second-order valence-electron chi connectivity index (χ2n) is 7.30. The van der Waals surface area contributed by atoms with Crippen molar-refractivity contribution in [1.29, 1.82) is 0 Å². The van der Waals surface area contributed by atoms with E-state index in [2.05, 4.69) is 11.4 Å². The van der Waals surface area contributed by atoms with Gasteiger partial charge in [-0.05, 0) is 55.3 Å². The summed E-state index contributed by atoms with van der Waals surface area (Å²) >= 11 is 0. The smallest absolute Gasteiger partial charge is 0.254 e. The lowest BCUT2D eigenvalue weighted by molar-refractivity contribution is 0.0674. The quantitative estimate of drug-likeness (QED) is 0.769. The molecule has 3 heterocycles. The van der Waals surface area contributed by atoms with E-state index in [4.69, 9.17) is 9.15 Å². The molecule has 2 aliphatic rings. The molecule has 2 aliphatic heterocycles. The fraction of sp³-hybridized carbons (Fsp3) is 0.318. The van der Waals surface area contributed by atoms with E-state index in [9.17, 15) is 4.79 Å². The highest BCUT2D eigenvalue weighted by molar-refractivity contribution is 5.99. The summed E-state index contributed by atoms with van der Waals surface area (Å²) in [7, 11) is 0. The number of hydrogen-bond donors (Lipinski definition) is 1. The van der Waals surface area contributed by atoms with Gasteiger partial charge in [-0.3, -0.25) is 4.79 Å². The van der Waals surface area contributed by atoms with Crippen LogP contribution in [0.4, 0.5) is 0 Å². The third-order valence-electron chi connectivity index (χ3n) is 5.58. The van der Waals surface area contributed by atoms with Crippen molar-refractivity contribution in [3.63, 3.8) is 0 Å². The molecule has 1 aromatic heterocycles. The average Bonchev–Trinajstić information content (AvgIpc) is 3.31. The van der Waals surface area contributed by atoms with Gasteiger partial charge in [-0.2, -0.15) is 0 Å². The SMILES string of the molecule is O=C1c2cccc(OCc3ccc4occc4c3)c2CN1C1CCCNC1. The van der Waals surface area contributed by atoms with Gasteiger partial charge in [-0.15, -0.1) is 0 Å². The Morgan fingerprint density at radius 2 is 2.19 bits per heavy atom. The first-order chi connectivity index (χ1) is 13.3. The highest BCUT2D eigenvalue weighted by atomic mass is 16.5. The van der Waals surface area contributed by atoms with E-state index in [-0.39, 0.29) is 11.9 Å². The van der Waals surface area contributed by atoms with Crippen LogP contribution >= 0.6 is 0 Å². The van der Waals surface area contributed by atoms with E-state index < -0.39 is 0 Å². The van der Waals surface area contributed by atoms with Crippen molar-refractivity contribution in [3.8, 4) is 5.75 Å². The highest BCUT2D eigenvalue weighted by Crippen LogP contribution is 2.33. The molecule has 0 aliphatic carbocycles. The van der Waals surface area contributed by atoms with E-state index >= 15 is 0 Å². The Labute approximate surface area is 157 Å². The molecule has 5 nitrogen and oxygen atoms in total. The van der Waals surface area contributed by atoms with Crippen LogP contribution in [-0.4, -0.2) is 29.9 Å². The summed E-state index contributed by atoms with van der Waals surface area (Å²) in [5.41, 5.74) is 3.75. The number of nitrogens with zero attached hydrogens (tertiary/aromatic N) is 1. The number of carbonyl (C=O) groups is 1. The first kappa shape index (κ1) is 16.4. The van der Waals surface area contributed by atoms with Gasteiger partial charge in [0.2, 0.25) is 0 Å². The molecule has 1 amide bonds. The van der Waals surface area contributed by atoms with Crippen LogP contribution in [0.3, 0.4) is 0 Å². The zero-order valence-electron chi connectivity index (χ0n) is 15.1. The van der Waals surface area contributed by atoms with E-state index in [0.717, 1.165) is 59.3 Å². The second-order valence-corrected chi connectivity index (χ2v) is 7.30. The summed E-state index contributed by atoms with van der Waals surface area (Å²) in [5.74, 6) is 0.934. The molecule has 5 rings (SSSR count). The maximum absolute atomic E-state index is 12.9. The second kappa shape index (κ2) is 6.74. The summed E-state index contributed by atoms with van der Waals surface area (Å²) < 4.78 is 11.5. The van der Waals surface area contributed by atoms with Gasteiger partial charge >= 0.3 is 0 Å². The van der Waals surface area contributed by atoms with Crippen molar-refractivity contribution in [3.05, 3.63) is 65.4 Å². The molecular formula is C22H22N2O3. The molecule has 1 atom stereocenters. The van der Waals surface area contributed by atoms with Crippen molar-refractivity contribution in [2.24, 2.45) is 0 Å². The Kier molecular flexibility index (Phi) is 4.09. The van der Waals surface area contributed by atoms with Gasteiger partial charge in [-0.1, -0.05) is 12.1 Å². The van der Waals surface area contributed by atoms with Crippen LogP contribution in [-0.2, 0) is 13.2 Å². The molecule has 138 valence electrons. The van der Waals surface area contributed by atoms with Crippen LogP contribution in [0.1, 0.15) is 34.3 Å². The van der Waals surface area contributed by atoms with Gasteiger partial charge in [0.05, 0.1) is 12.8 Å². The molecule has 3 aromatic rings. The minimum absolute atomic E-state index is 0.129. The summed E-state index contributed by atoms with van der Waals surface area (Å²) in [6, 6.07) is 14.1. The Morgan fingerprint density at radius 3 is 3.07 bits per heavy atom. The van der Waals surface area contributed by atoms with Crippen LogP contribution in [0, 0.1) is 0 Å². The third-order valence-corrected chi connectivity index (χ3v) is 5.58.